The fourth-order valence-corrected chi connectivity index (χ4v) is 4.15. The normalized spacial score (nSPS) is 14.4. The zero-order valence-electron chi connectivity index (χ0n) is 19.8. The van der Waals surface area contributed by atoms with Gasteiger partial charge in [-0.2, -0.15) is 5.10 Å². The molecule has 0 aliphatic carbocycles. The molecule has 1 aromatic heterocycles. The van der Waals surface area contributed by atoms with Gasteiger partial charge >= 0.3 is 0 Å². The third kappa shape index (κ3) is 9.37. The molecular weight excluding hydrogens is 408 g/mol. The fourth-order valence-electron chi connectivity index (χ4n) is 4.15. The fraction of sp³-hybridized carbons (Fsp3) is 0.654. The Balaban J connectivity index is 1.76. The Kier molecular flexibility index (Phi) is 11.9. The van der Waals surface area contributed by atoms with Gasteiger partial charge < -0.3 is 10.4 Å². The molecule has 1 aromatic carbocycles. The maximum atomic E-state index is 14.5. The molecular formula is C26H41F2N3O. The number of nitrogens with one attached hydrogen (secondary N) is 1. The third-order valence-corrected chi connectivity index (χ3v) is 6.15. The Morgan fingerprint density at radius 3 is 2.28 bits per heavy atom. The van der Waals surface area contributed by atoms with E-state index in [0.717, 1.165) is 18.9 Å². The molecule has 2 unspecified atom stereocenters. The molecule has 180 valence electrons. The largest absolute Gasteiger partial charge is 0.382 e. The Bertz CT molecular complexity index is 754. The molecule has 2 atom stereocenters. The lowest BCUT2D eigenvalue weighted by Gasteiger charge is -2.31. The molecule has 2 N–H and O–H groups in total. The van der Waals surface area contributed by atoms with Gasteiger partial charge in [-0.15, -0.1) is 0 Å². The molecule has 2 rings (SSSR count). The highest BCUT2D eigenvalue weighted by molar-refractivity contribution is 5.25. The van der Waals surface area contributed by atoms with E-state index in [-0.39, 0.29) is 24.7 Å². The smallest absolute Gasteiger partial charge is 0.132 e. The Morgan fingerprint density at radius 2 is 1.69 bits per heavy atom. The van der Waals surface area contributed by atoms with Crippen LogP contribution >= 0.6 is 0 Å². The minimum Gasteiger partial charge on any atom is -0.382 e. The number of unbranched alkanes of at least 4 members (excludes halogenated alkanes) is 9. The highest BCUT2D eigenvalue weighted by Gasteiger charge is 2.33. The summed E-state index contributed by atoms with van der Waals surface area (Å²) in [5.74, 6) is -1.40. The molecule has 0 aliphatic rings. The van der Waals surface area contributed by atoms with Gasteiger partial charge in [0.15, 0.2) is 0 Å². The lowest BCUT2D eigenvalue weighted by molar-refractivity contribution is 0.00977. The highest BCUT2D eigenvalue weighted by Crippen LogP contribution is 2.26. The van der Waals surface area contributed by atoms with Crippen molar-refractivity contribution in [3.05, 3.63) is 53.9 Å². The lowest BCUT2D eigenvalue weighted by Crippen LogP contribution is -2.45. The van der Waals surface area contributed by atoms with Crippen molar-refractivity contribution in [2.24, 2.45) is 0 Å². The van der Waals surface area contributed by atoms with Crippen LogP contribution in [-0.4, -0.2) is 27.5 Å². The van der Waals surface area contributed by atoms with E-state index < -0.39 is 17.2 Å². The average Bonchev–Trinajstić information content (AvgIpc) is 3.26. The van der Waals surface area contributed by atoms with Gasteiger partial charge in [0, 0.05) is 36.6 Å². The number of halogens is 2. The van der Waals surface area contributed by atoms with Crippen LogP contribution in [0.1, 0.15) is 90.0 Å². The van der Waals surface area contributed by atoms with E-state index in [0.29, 0.717) is 0 Å². The Morgan fingerprint density at radius 1 is 1.03 bits per heavy atom. The molecule has 4 nitrogen and oxygen atoms in total. The van der Waals surface area contributed by atoms with Crippen molar-refractivity contribution in [3.63, 3.8) is 0 Å². The van der Waals surface area contributed by atoms with E-state index in [1.54, 1.807) is 23.1 Å². The van der Waals surface area contributed by atoms with Crippen LogP contribution in [0.3, 0.4) is 0 Å². The van der Waals surface area contributed by atoms with Gasteiger partial charge in [-0.1, -0.05) is 77.2 Å². The van der Waals surface area contributed by atoms with E-state index in [2.05, 4.69) is 24.3 Å². The summed E-state index contributed by atoms with van der Waals surface area (Å²) < 4.78 is 29.4. The summed E-state index contributed by atoms with van der Waals surface area (Å²) in [5.41, 5.74) is -1.46. The molecule has 0 fully saturated rings. The first kappa shape index (κ1) is 26.5. The van der Waals surface area contributed by atoms with Crippen molar-refractivity contribution >= 4 is 0 Å². The second-order valence-corrected chi connectivity index (χ2v) is 9.11. The first-order chi connectivity index (χ1) is 15.4. The first-order valence-electron chi connectivity index (χ1n) is 12.3. The summed E-state index contributed by atoms with van der Waals surface area (Å²) in [7, 11) is 0. The van der Waals surface area contributed by atoms with Crippen molar-refractivity contribution in [2.45, 2.75) is 103 Å². The number of nitrogens with zero attached hydrogens (tertiary/aromatic N) is 2. The molecule has 0 saturated heterocycles. The van der Waals surface area contributed by atoms with Crippen molar-refractivity contribution in [1.29, 1.82) is 0 Å². The minimum absolute atomic E-state index is 0.0769. The second-order valence-electron chi connectivity index (χ2n) is 9.11. The van der Waals surface area contributed by atoms with Gasteiger partial charge in [-0.25, -0.2) is 8.78 Å². The summed E-state index contributed by atoms with van der Waals surface area (Å²) in [6.45, 7) is 4.58. The zero-order chi connectivity index (χ0) is 23.2. The van der Waals surface area contributed by atoms with Gasteiger partial charge in [0.1, 0.15) is 17.2 Å². The van der Waals surface area contributed by atoms with Crippen LogP contribution < -0.4 is 5.32 Å². The van der Waals surface area contributed by atoms with Crippen molar-refractivity contribution in [1.82, 2.24) is 15.1 Å². The maximum absolute atomic E-state index is 14.5. The first-order valence-corrected chi connectivity index (χ1v) is 12.3. The quantitative estimate of drug-likeness (QED) is 0.277. The second kappa shape index (κ2) is 14.4. The molecule has 0 radical (unpaired) electrons. The van der Waals surface area contributed by atoms with E-state index in [4.69, 9.17) is 0 Å². The van der Waals surface area contributed by atoms with Crippen molar-refractivity contribution in [3.8, 4) is 0 Å². The van der Waals surface area contributed by atoms with Crippen LogP contribution in [0.4, 0.5) is 8.78 Å². The number of benzene rings is 1. The minimum atomic E-state index is -1.53. The molecule has 2 aromatic rings. The van der Waals surface area contributed by atoms with Gasteiger partial charge in [0.2, 0.25) is 0 Å². The maximum Gasteiger partial charge on any atom is 0.132 e. The van der Waals surface area contributed by atoms with Gasteiger partial charge in [-0.05, 0) is 25.5 Å². The van der Waals surface area contributed by atoms with Crippen LogP contribution in [-0.2, 0) is 12.1 Å². The number of aromatic nitrogens is 2. The Labute approximate surface area is 192 Å². The van der Waals surface area contributed by atoms with E-state index in [1.165, 1.54) is 69.9 Å². The number of aliphatic hydroxyl groups is 1. The van der Waals surface area contributed by atoms with Gasteiger partial charge in [0.25, 0.3) is 0 Å². The van der Waals surface area contributed by atoms with Crippen LogP contribution in [0, 0.1) is 11.6 Å². The number of rotatable bonds is 17. The zero-order valence-corrected chi connectivity index (χ0v) is 19.8. The summed E-state index contributed by atoms with van der Waals surface area (Å²) in [6.07, 6.45) is 17.3. The summed E-state index contributed by atoms with van der Waals surface area (Å²) in [4.78, 5) is 0. The predicted octanol–water partition coefficient (Wildman–Crippen LogP) is 6.34. The molecule has 0 amide bonds. The Hall–Kier alpha value is -1.79. The molecule has 0 spiro atoms. The van der Waals surface area contributed by atoms with Crippen molar-refractivity contribution < 1.29 is 13.9 Å². The summed E-state index contributed by atoms with van der Waals surface area (Å²) >= 11 is 0. The summed E-state index contributed by atoms with van der Waals surface area (Å²) in [6, 6.07) is 5.26. The van der Waals surface area contributed by atoms with Crippen molar-refractivity contribution in [2.75, 3.05) is 6.54 Å². The monoisotopic (exact) mass is 449 g/mol. The number of hydrogen-bond donors (Lipinski definition) is 2. The SMILES string of the molecule is CCCCCCCCCCCCC(C)NCC(O)(Cn1cccn1)c1ccc(F)cc1F. The molecule has 32 heavy (non-hydrogen) atoms. The molecule has 0 bridgehead atoms. The van der Waals surface area contributed by atoms with Crippen LogP contribution in [0.5, 0.6) is 0 Å². The van der Waals surface area contributed by atoms with Gasteiger partial charge in [0.05, 0.1) is 6.54 Å². The predicted molar refractivity (Wildman–Crippen MR) is 126 cm³/mol. The van der Waals surface area contributed by atoms with E-state index in [9.17, 15) is 13.9 Å². The molecule has 1 heterocycles. The summed E-state index contributed by atoms with van der Waals surface area (Å²) in [5, 5.41) is 18.8. The average molecular weight is 450 g/mol. The van der Waals surface area contributed by atoms with Crippen LogP contribution in [0.25, 0.3) is 0 Å². The number of hydrogen-bond acceptors (Lipinski definition) is 3. The molecule has 0 saturated carbocycles. The standard InChI is InChI=1S/C26H41F2N3O/c1-3-4-5-6-7-8-9-10-11-12-14-22(2)29-20-26(32,21-31-18-13-17-30-31)24-16-15-23(27)19-25(24)28/h13,15-19,22,29,32H,3-12,14,20-21H2,1-2H3. The highest BCUT2D eigenvalue weighted by atomic mass is 19.1. The van der Waals surface area contributed by atoms with Gasteiger partial charge in [-0.3, -0.25) is 4.68 Å². The molecule has 0 aliphatic heterocycles. The van der Waals surface area contributed by atoms with E-state index in [1.807, 2.05) is 0 Å². The van der Waals surface area contributed by atoms with E-state index >= 15 is 0 Å². The lowest BCUT2D eigenvalue weighted by atomic mass is 9.92. The van der Waals surface area contributed by atoms with Crippen LogP contribution in [0.15, 0.2) is 36.7 Å². The molecule has 6 heteroatoms. The topological polar surface area (TPSA) is 50.1 Å². The van der Waals surface area contributed by atoms with Crippen LogP contribution in [0.2, 0.25) is 0 Å². The third-order valence-electron chi connectivity index (χ3n) is 6.15.